The number of carbonyl (C=O) groups is 1. The zero-order valence-electron chi connectivity index (χ0n) is 24.9. The Morgan fingerprint density at radius 1 is 0.973 bits per heavy atom. The third-order valence-electron chi connectivity index (χ3n) is 7.61. The average molecular weight is 635 g/mol. The molecule has 0 amide bonds. The van der Waals surface area contributed by atoms with E-state index < -0.39 is 26.5 Å². The van der Waals surface area contributed by atoms with E-state index in [0.29, 0.717) is 19.0 Å². The molecular weight excluding hydrogens is 581 g/mol. The Kier molecular flexibility index (Phi) is 14.1. The predicted octanol–water partition coefficient (Wildman–Crippen LogP) is 7.77. The predicted molar refractivity (Wildman–Crippen MR) is 162 cm³/mol. The number of ether oxygens (including phenoxy) is 1. The molecule has 2 aromatic heterocycles. The van der Waals surface area contributed by atoms with Crippen LogP contribution in [-0.4, -0.2) is 53.4 Å². The maximum absolute atomic E-state index is 13.6. The normalized spacial score (nSPS) is 12.3. The van der Waals surface area contributed by atoms with Gasteiger partial charge in [0.2, 0.25) is 0 Å². The zero-order valence-corrected chi connectivity index (χ0v) is 28.7. The van der Waals surface area contributed by atoms with Crippen LogP contribution in [0, 0.1) is 6.92 Å². The molecule has 0 bridgehead atoms. The number of imidazole rings is 1. The number of aromatic nitrogens is 3. The molecular formula is C30H53N3O2SiSn. The molecule has 0 saturated carbocycles. The first kappa shape index (κ1) is 32.2. The Hall–Kier alpha value is -0.994. The SMILES string of the molecule is CCC[CH2][Sn]([CH2]CCC)([CH2]CCC)[c]1nc(C(=O)CCc2ccncc2)n(COCC[Si](C)(C)C)c1C. The van der Waals surface area contributed by atoms with E-state index in [1.54, 1.807) is 12.4 Å². The Morgan fingerprint density at radius 2 is 1.54 bits per heavy atom. The van der Waals surface area contributed by atoms with Gasteiger partial charge in [-0.05, 0) is 0 Å². The van der Waals surface area contributed by atoms with Crippen molar-refractivity contribution in [1.29, 1.82) is 0 Å². The van der Waals surface area contributed by atoms with E-state index in [0.717, 1.165) is 24.6 Å². The van der Waals surface area contributed by atoms with Gasteiger partial charge in [-0.25, -0.2) is 0 Å². The quantitative estimate of drug-likeness (QED) is 0.0901. The molecule has 2 aromatic rings. The molecule has 2 rings (SSSR count). The Labute approximate surface area is 232 Å². The van der Waals surface area contributed by atoms with Crippen LogP contribution < -0.4 is 3.71 Å². The van der Waals surface area contributed by atoms with Crippen molar-refractivity contribution in [2.75, 3.05) is 6.61 Å². The molecule has 0 unspecified atom stereocenters. The van der Waals surface area contributed by atoms with Gasteiger partial charge in [-0.2, -0.15) is 0 Å². The van der Waals surface area contributed by atoms with E-state index in [-0.39, 0.29) is 5.78 Å². The fourth-order valence-electron chi connectivity index (χ4n) is 5.14. The van der Waals surface area contributed by atoms with Gasteiger partial charge in [0.15, 0.2) is 0 Å². The van der Waals surface area contributed by atoms with Gasteiger partial charge >= 0.3 is 233 Å². The molecule has 0 fully saturated rings. The number of rotatable bonds is 19. The van der Waals surface area contributed by atoms with Gasteiger partial charge in [0.25, 0.3) is 0 Å². The first-order valence-electron chi connectivity index (χ1n) is 14.7. The van der Waals surface area contributed by atoms with E-state index in [2.05, 4.69) is 56.9 Å². The molecule has 5 nitrogen and oxygen atoms in total. The number of aryl methyl sites for hydroxylation is 1. The summed E-state index contributed by atoms with van der Waals surface area (Å²) in [5, 5.41) is 0. The number of pyridine rings is 1. The minimum atomic E-state index is -2.80. The second-order valence-electron chi connectivity index (χ2n) is 12.0. The first-order chi connectivity index (χ1) is 17.7. The van der Waals surface area contributed by atoms with Crippen molar-refractivity contribution in [3.8, 4) is 0 Å². The molecule has 0 aliphatic carbocycles. The molecule has 0 aliphatic heterocycles. The van der Waals surface area contributed by atoms with Crippen molar-refractivity contribution in [2.45, 2.75) is 125 Å². The molecule has 37 heavy (non-hydrogen) atoms. The van der Waals surface area contributed by atoms with Crippen molar-refractivity contribution in [3.63, 3.8) is 0 Å². The Morgan fingerprint density at radius 3 is 2.05 bits per heavy atom. The van der Waals surface area contributed by atoms with Gasteiger partial charge in [-0.3, -0.25) is 0 Å². The average Bonchev–Trinajstić information content (AvgIpc) is 3.21. The summed E-state index contributed by atoms with van der Waals surface area (Å²) in [5.74, 6) is 0.779. The summed E-state index contributed by atoms with van der Waals surface area (Å²) in [6.45, 7) is 17.5. The molecule has 0 spiro atoms. The van der Waals surface area contributed by atoms with Gasteiger partial charge in [-0.1, -0.05) is 0 Å². The summed E-state index contributed by atoms with van der Waals surface area (Å²) in [4.78, 5) is 23.1. The van der Waals surface area contributed by atoms with Crippen LogP contribution in [0.15, 0.2) is 24.5 Å². The molecule has 7 heteroatoms. The number of hydrogen-bond acceptors (Lipinski definition) is 4. The third-order valence-corrected chi connectivity index (χ3v) is 24.8. The number of nitrogens with zero attached hydrogens (tertiary/aromatic N) is 3. The van der Waals surface area contributed by atoms with Crippen LogP contribution in [0.5, 0.6) is 0 Å². The zero-order chi connectivity index (χ0) is 27.3. The molecule has 0 saturated heterocycles. The Bertz CT molecular complexity index is 919. The molecule has 0 aromatic carbocycles. The topological polar surface area (TPSA) is 57.0 Å². The van der Waals surface area contributed by atoms with Crippen LogP contribution in [0.1, 0.15) is 87.6 Å². The van der Waals surface area contributed by atoms with Gasteiger partial charge in [0, 0.05) is 0 Å². The number of ketones is 1. The fraction of sp³-hybridized carbons (Fsp3) is 0.700. The molecule has 0 radical (unpaired) electrons. The summed E-state index contributed by atoms with van der Waals surface area (Å²) in [6, 6.07) is 5.13. The molecule has 0 N–H and O–H groups in total. The first-order valence-corrected chi connectivity index (χ1v) is 25.9. The molecule has 0 atom stereocenters. The van der Waals surface area contributed by atoms with E-state index in [1.165, 1.54) is 61.2 Å². The van der Waals surface area contributed by atoms with E-state index in [1.807, 2.05) is 12.1 Å². The second-order valence-corrected chi connectivity index (χ2v) is 30.6. The van der Waals surface area contributed by atoms with Crippen molar-refractivity contribution in [2.24, 2.45) is 0 Å². The van der Waals surface area contributed by atoms with Crippen molar-refractivity contribution >= 4 is 35.9 Å². The van der Waals surface area contributed by atoms with Gasteiger partial charge in [-0.15, -0.1) is 0 Å². The van der Waals surface area contributed by atoms with E-state index in [9.17, 15) is 4.79 Å². The summed E-state index contributed by atoms with van der Waals surface area (Å²) < 4.78 is 13.8. The minimum absolute atomic E-state index is 0.140. The van der Waals surface area contributed by atoms with Crippen LogP contribution in [0.2, 0.25) is 39.0 Å². The van der Waals surface area contributed by atoms with Crippen LogP contribution in [-0.2, 0) is 17.9 Å². The third kappa shape index (κ3) is 10.2. The van der Waals surface area contributed by atoms with E-state index >= 15 is 0 Å². The summed E-state index contributed by atoms with van der Waals surface area (Å²) in [7, 11) is -1.18. The number of unbranched alkanes of at least 4 members (excludes halogenated alkanes) is 3. The van der Waals surface area contributed by atoms with Crippen molar-refractivity contribution in [1.82, 2.24) is 14.5 Å². The summed E-state index contributed by atoms with van der Waals surface area (Å²) >= 11 is -2.80. The molecule has 2 heterocycles. The maximum atomic E-state index is 13.6. The van der Waals surface area contributed by atoms with Gasteiger partial charge in [0.1, 0.15) is 0 Å². The molecule has 0 aliphatic rings. The number of hydrogen-bond donors (Lipinski definition) is 0. The fourth-order valence-corrected chi connectivity index (χ4v) is 22.4. The number of carbonyl (C=O) groups excluding carboxylic acids is 1. The van der Waals surface area contributed by atoms with Crippen molar-refractivity contribution in [3.05, 3.63) is 41.6 Å². The standard InChI is InChI=1S/C18H26N3O2Si.3C4H9.Sn/c1-15-13-20-18(21(15)14-23-11-12-24(2,3)4)17(22)6-5-16-7-9-19-10-8-16;3*1-3-4-2;/h7-10H,5-6,11-12,14H2,1-4H3;3*1,3-4H2,2H3;. The van der Waals surface area contributed by atoms with Crippen LogP contribution in [0.25, 0.3) is 0 Å². The number of Topliss-reactive ketones (excluding diaryl/α,β-unsaturated/α-hetero) is 1. The summed E-state index contributed by atoms with van der Waals surface area (Å²) in [5.41, 5.74) is 2.37. The van der Waals surface area contributed by atoms with Gasteiger partial charge in [0.05, 0.1) is 0 Å². The van der Waals surface area contributed by atoms with Crippen LogP contribution in [0.3, 0.4) is 0 Å². The summed E-state index contributed by atoms with van der Waals surface area (Å²) in [6.07, 6.45) is 12.3. The Balaban J connectivity index is 2.44. The van der Waals surface area contributed by atoms with E-state index in [4.69, 9.17) is 9.72 Å². The second kappa shape index (κ2) is 16.2. The van der Waals surface area contributed by atoms with Crippen LogP contribution in [0.4, 0.5) is 0 Å². The van der Waals surface area contributed by atoms with Gasteiger partial charge < -0.3 is 0 Å². The van der Waals surface area contributed by atoms with Crippen LogP contribution >= 0.6 is 0 Å². The molecule has 208 valence electrons. The van der Waals surface area contributed by atoms with Crippen molar-refractivity contribution < 1.29 is 9.53 Å². The monoisotopic (exact) mass is 635 g/mol.